The van der Waals surface area contributed by atoms with E-state index in [4.69, 9.17) is 14.6 Å². The molecule has 1 saturated heterocycles. The number of halogens is 2. The van der Waals surface area contributed by atoms with Gasteiger partial charge in [0.05, 0.1) is 15.9 Å². The Labute approximate surface area is 218 Å². The number of aryl methyl sites for hydroxylation is 1. The number of thioether (sulfide) groups is 1. The minimum Gasteiger partial charge on any atom is -0.491 e. The van der Waals surface area contributed by atoms with Crippen LogP contribution in [0.4, 0.5) is 4.79 Å². The molecule has 1 heterocycles. The Morgan fingerprint density at radius 1 is 1.18 bits per heavy atom. The van der Waals surface area contributed by atoms with E-state index in [1.807, 2.05) is 25.1 Å². The number of carbonyl (C=O) groups is 3. The van der Waals surface area contributed by atoms with Gasteiger partial charge in [0, 0.05) is 10.0 Å². The topological polar surface area (TPSA) is 93.1 Å². The van der Waals surface area contributed by atoms with E-state index in [1.165, 1.54) is 6.08 Å². The molecule has 0 saturated carbocycles. The fourth-order valence-electron chi connectivity index (χ4n) is 3.30. The number of hydrogen-bond acceptors (Lipinski definition) is 6. The van der Waals surface area contributed by atoms with E-state index < -0.39 is 23.7 Å². The predicted molar refractivity (Wildman–Crippen MR) is 138 cm³/mol. The molecule has 34 heavy (non-hydrogen) atoms. The van der Waals surface area contributed by atoms with Crippen LogP contribution in [0.2, 0.25) is 0 Å². The first kappa shape index (κ1) is 26.3. The van der Waals surface area contributed by atoms with Gasteiger partial charge in [-0.2, -0.15) is 0 Å². The Kier molecular flexibility index (Phi) is 8.83. The summed E-state index contributed by atoms with van der Waals surface area (Å²) in [6.07, 6.45) is 1.52. The first-order valence-electron chi connectivity index (χ1n) is 10.4. The quantitative estimate of drug-likeness (QED) is 0.336. The van der Waals surface area contributed by atoms with Crippen LogP contribution in [0.3, 0.4) is 0 Å². The van der Waals surface area contributed by atoms with Crippen LogP contribution < -0.4 is 9.47 Å². The Bertz CT molecular complexity index is 1160. The van der Waals surface area contributed by atoms with Gasteiger partial charge >= 0.3 is 5.97 Å². The van der Waals surface area contributed by atoms with Crippen molar-refractivity contribution in [1.29, 1.82) is 0 Å². The number of imide groups is 1. The van der Waals surface area contributed by atoms with Gasteiger partial charge < -0.3 is 14.6 Å². The van der Waals surface area contributed by atoms with Crippen LogP contribution in [-0.4, -0.2) is 46.9 Å². The molecule has 0 aromatic heterocycles. The molecular formula is C24H23Br2NO6S. The SMILES string of the molecule is Cc1ccc(C(C)C)c(OCCN2C(=O)S/C(=C\c3cc(Br)cc(Br)c3OCC(=O)O)C2=O)c1. The zero-order valence-corrected chi connectivity index (χ0v) is 22.8. The number of ether oxygens (including phenoxy) is 2. The predicted octanol–water partition coefficient (Wildman–Crippen LogP) is 6.22. The number of rotatable bonds is 9. The van der Waals surface area contributed by atoms with E-state index in [0.717, 1.165) is 33.5 Å². The average Bonchev–Trinajstić information content (AvgIpc) is 3.00. The van der Waals surface area contributed by atoms with Crippen molar-refractivity contribution in [2.75, 3.05) is 19.8 Å². The molecule has 1 fully saturated rings. The molecule has 0 radical (unpaired) electrons. The molecule has 2 aromatic carbocycles. The molecule has 1 aliphatic heterocycles. The maximum absolute atomic E-state index is 12.9. The largest absolute Gasteiger partial charge is 0.491 e. The minimum atomic E-state index is -1.13. The van der Waals surface area contributed by atoms with Gasteiger partial charge in [0.1, 0.15) is 18.1 Å². The number of carboxylic acids is 1. The lowest BCUT2D eigenvalue weighted by Gasteiger charge is -2.17. The third kappa shape index (κ3) is 6.43. The number of amides is 2. The lowest BCUT2D eigenvalue weighted by atomic mass is 10.0. The molecule has 1 aliphatic rings. The summed E-state index contributed by atoms with van der Waals surface area (Å²) in [5, 5.41) is 8.55. The molecule has 0 atom stereocenters. The number of hydrogen-bond donors (Lipinski definition) is 1. The molecule has 0 aliphatic carbocycles. The molecule has 2 amide bonds. The zero-order valence-electron chi connectivity index (χ0n) is 18.8. The maximum Gasteiger partial charge on any atom is 0.341 e. The molecule has 10 heteroatoms. The van der Waals surface area contributed by atoms with Crippen LogP contribution in [0.25, 0.3) is 6.08 Å². The van der Waals surface area contributed by atoms with E-state index in [0.29, 0.717) is 14.5 Å². The summed E-state index contributed by atoms with van der Waals surface area (Å²) < 4.78 is 12.5. The lowest BCUT2D eigenvalue weighted by molar-refractivity contribution is -0.139. The van der Waals surface area contributed by atoms with E-state index in [-0.39, 0.29) is 29.7 Å². The monoisotopic (exact) mass is 611 g/mol. The van der Waals surface area contributed by atoms with Gasteiger partial charge in [0.2, 0.25) is 0 Å². The first-order valence-corrected chi connectivity index (χ1v) is 12.8. The molecular weight excluding hydrogens is 590 g/mol. The highest BCUT2D eigenvalue weighted by atomic mass is 79.9. The van der Waals surface area contributed by atoms with E-state index in [9.17, 15) is 14.4 Å². The van der Waals surface area contributed by atoms with Crippen molar-refractivity contribution in [3.8, 4) is 11.5 Å². The molecule has 0 unspecified atom stereocenters. The summed E-state index contributed by atoms with van der Waals surface area (Å²) in [5.74, 6) is -0.279. The second-order valence-corrected chi connectivity index (χ2v) is 10.6. The Balaban J connectivity index is 1.76. The smallest absolute Gasteiger partial charge is 0.341 e. The fourth-order valence-corrected chi connectivity index (χ4v) is 5.53. The molecule has 0 spiro atoms. The summed E-state index contributed by atoms with van der Waals surface area (Å²) in [4.78, 5) is 37.8. The highest BCUT2D eigenvalue weighted by Crippen LogP contribution is 2.38. The molecule has 1 N–H and O–H groups in total. The molecule has 7 nitrogen and oxygen atoms in total. The van der Waals surface area contributed by atoms with Gasteiger partial charge in [-0.05, 0) is 75.9 Å². The highest BCUT2D eigenvalue weighted by Gasteiger charge is 2.35. The summed E-state index contributed by atoms with van der Waals surface area (Å²) in [5.41, 5.74) is 2.59. The van der Waals surface area contributed by atoms with Crippen LogP contribution in [-0.2, 0) is 9.59 Å². The van der Waals surface area contributed by atoms with Crippen molar-refractivity contribution in [3.05, 3.63) is 60.9 Å². The van der Waals surface area contributed by atoms with Gasteiger partial charge in [0.15, 0.2) is 6.61 Å². The minimum absolute atomic E-state index is 0.109. The van der Waals surface area contributed by atoms with E-state index in [1.54, 1.807) is 12.1 Å². The van der Waals surface area contributed by atoms with Crippen molar-refractivity contribution in [3.63, 3.8) is 0 Å². The number of aliphatic carboxylic acids is 1. The van der Waals surface area contributed by atoms with Gasteiger partial charge in [-0.15, -0.1) is 0 Å². The maximum atomic E-state index is 12.9. The van der Waals surface area contributed by atoms with Crippen LogP contribution in [0, 0.1) is 6.92 Å². The van der Waals surface area contributed by atoms with E-state index in [2.05, 4.69) is 45.7 Å². The molecule has 3 rings (SSSR count). The summed E-state index contributed by atoms with van der Waals surface area (Å²) >= 11 is 7.55. The lowest BCUT2D eigenvalue weighted by Crippen LogP contribution is -2.32. The van der Waals surface area contributed by atoms with Crippen molar-refractivity contribution in [1.82, 2.24) is 4.90 Å². The molecule has 180 valence electrons. The highest BCUT2D eigenvalue weighted by molar-refractivity contribution is 9.11. The number of benzene rings is 2. The van der Waals surface area contributed by atoms with Crippen molar-refractivity contribution in [2.45, 2.75) is 26.7 Å². The summed E-state index contributed by atoms with van der Waals surface area (Å²) in [7, 11) is 0. The second kappa shape index (κ2) is 11.4. The van der Waals surface area contributed by atoms with Crippen molar-refractivity contribution >= 4 is 66.8 Å². The molecule has 0 bridgehead atoms. The Morgan fingerprint density at radius 3 is 2.59 bits per heavy atom. The van der Waals surface area contributed by atoms with Gasteiger partial charge in [-0.1, -0.05) is 41.9 Å². The van der Waals surface area contributed by atoms with E-state index >= 15 is 0 Å². The standard InChI is InChI=1S/C24H23Br2NO6S/c1-13(2)17-5-4-14(3)8-19(17)32-7-6-27-23(30)20(34-24(27)31)10-15-9-16(25)11-18(26)22(15)33-12-21(28)29/h4-5,8-11,13H,6-7,12H2,1-3H3,(H,28,29)/b20-10-. The van der Waals surface area contributed by atoms with Crippen LogP contribution in [0.5, 0.6) is 11.5 Å². The fraction of sp³-hybridized carbons (Fsp3) is 0.292. The van der Waals surface area contributed by atoms with Gasteiger partial charge in [-0.25, -0.2) is 4.79 Å². The van der Waals surface area contributed by atoms with Crippen LogP contribution in [0.1, 0.15) is 36.5 Å². The number of carboxylic acid groups (broad SMARTS) is 1. The third-order valence-corrected chi connectivity index (χ3v) is 6.86. The van der Waals surface area contributed by atoms with Crippen LogP contribution in [0.15, 0.2) is 44.2 Å². The Morgan fingerprint density at radius 2 is 1.91 bits per heavy atom. The van der Waals surface area contributed by atoms with Crippen LogP contribution >= 0.6 is 43.6 Å². The third-order valence-electron chi connectivity index (χ3n) is 4.90. The van der Waals surface area contributed by atoms with Gasteiger partial charge in [0.25, 0.3) is 11.1 Å². The van der Waals surface area contributed by atoms with Crippen molar-refractivity contribution < 1.29 is 29.0 Å². The summed E-state index contributed by atoms with van der Waals surface area (Å²) in [6.45, 7) is 5.87. The zero-order chi connectivity index (χ0) is 25.0. The molecule has 2 aromatic rings. The van der Waals surface area contributed by atoms with Crippen molar-refractivity contribution in [2.24, 2.45) is 0 Å². The normalized spacial score (nSPS) is 14.9. The van der Waals surface area contributed by atoms with Gasteiger partial charge in [-0.3, -0.25) is 14.5 Å². The summed E-state index contributed by atoms with van der Waals surface area (Å²) in [6, 6.07) is 9.39. The average molecular weight is 613 g/mol. The second-order valence-electron chi connectivity index (χ2n) is 7.87. The number of nitrogens with zero attached hydrogens (tertiary/aromatic N) is 1. The number of carbonyl (C=O) groups excluding carboxylic acids is 2. The first-order chi connectivity index (χ1) is 16.1. The Hall–Kier alpha value is -2.30.